The summed E-state index contributed by atoms with van der Waals surface area (Å²) in [5.41, 5.74) is 0. The fourth-order valence-corrected chi connectivity index (χ4v) is 0.638. The van der Waals surface area contributed by atoms with Crippen LogP contribution >= 0.6 is 0 Å². The van der Waals surface area contributed by atoms with Gasteiger partial charge < -0.3 is 0 Å². The van der Waals surface area contributed by atoms with Gasteiger partial charge in [-0.25, -0.2) is 4.79 Å². The van der Waals surface area contributed by atoms with Crippen LogP contribution in [0, 0.1) is 0 Å². The summed E-state index contributed by atoms with van der Waals surface area (Å²) in [4.78, 5) is 12.2. The molecule has 0 bridgehead atoms. The highest BCUT2D eigenvalue weighted by Crippen LogP contribution is 2.25. The highest BCUT2D eigenvalue weighted by molar-refractivity contribution is 5.33. The SMILES string of the molecule is CCCC(N=C=O)C(F)(F)F. The lowest BCUT2D eigenvalue weighted by molar-refractivity contribution is -0.148. The molecule has 0 saturated heterocycles. The van der Waals surface area contributed by atoms with Gasteiger partial charge >= 0.3 is 6.18 Å². The first-order valence-corrected chi connectivity index (χ1v) is 3.16. The Labute approximate surface area is 62.1 Å². The van der Waals surface area contributed by atoms with Crippen LogP contribution in [0.4, 0.5) is 13.2 Å². The van der Waals surface area contributed by atoms with Gasteiger partial charge in [0.25, 0.3) is 0 Å². The molecule has 0 saturated carbocycles. The summed E-state index contributed by atoms with van der Waals surface area (Å²) in [7, 11) is 0. The van der Waals surface area contributed by atoms with Crippen molar-refractivity contribution >= 4 is 6.08 Å². The van der Waals surface area contributed by atoms with Crippen molar-refractivity contribution in [3.8, 4) is 0 Å². The zero-order valence-electron chi connectivity index (χ0n) is 5.98. The standard InChI is InChI=1S/C6H8F3NO/c1-2-3-5(10-4-11)6(7,8)9/h5H,2-3H2,1H3. The minimum absolute atomic E-state index is 0.154. The average molecular weight is 167 g/mol. The van der Waals surface area contributed by atoms with Gasteiger partial charge in [-0.15, -0.1) is 0 Å². The molecule has 0 heterocycles. The molecule has 2 nitrogen and oxygen atoms in total. The van der Waals surface area contributed by atoms with Gasteiger partial charge in [0.2, 0.25) is 6.08 Å². The molecule has 0 radical (unpaired) electrons. The fourth-order valence-electron chi connectivity index (χ4n) is 0.638. The number of isocyanates is 1. The molecule has 0 aromatic rings. The van der Waals surface area contributed by atoms with Crippen molar-refractivity contribution in [2.45, 2.75) is 32.0 Å². The largest absolute Gasteiger partial charge is 0.411 e. The molecule has 0 N–H and O–H groups in total. The predicted molar refractivity (Wildman–Crippen MR) is 32.9 cm³/mol. The summed E-state index contributed by atoms with van der Waals surface area (Å²) in [5.74, 6) is 0. The Morgan fingerprint density at radius 1 is 1.55 bits per heavy atom. The first-order valence-electron chi connectivity index (χ1n) is 3.16. The molecule has 0 aromatic heterocycles. The van der Waals surface area contributed by atoms with E-state index in [0.29, 0.717) is 6.42 Å². The van der Waals surface area contributed by atoms with E-state index in [1.165, 1.54) is 0 Å². The Morgan fingerprint density at radius 2 is 2.09 bits per heavy atom. The zero-order valence-corrected chi connectivity index (χ0v) is 5.98. The molecule has 64 valence electrons. The fraction of sp³-hybridized carbons (Fsp3) is 0.833. The average Bonchev–Trinajstić information content (AvgIpc) is 1.85. The molecule has 0 aliphatic carbocycles. The van der Waals surface area contributed by atoms with Gasteiger partial charge in [-0.2, -0.15) is 18.2 Å². The van der Waals surface area contributed by atoms with E-state index in [2.05, 4.69) is 4.99 Å². The Balaban J connectivity index is 4.21. The van der Waals surface area contributed by atoms with Crippen LogP contribution in [-0.2, 0) is 4.79 Å². The molecule has 11 heavy (non-hydrogen) atoms. The van der Waals surface area contributed by atoms with Crippen molar-refractivity contribution in [1.29, 1.82) is 0 Å². The monoisotopic (exact) mass is 167 g/mol. The van der Waals surface area contributed by atoms with E-state index >= 15 is 0 Å². The van der Waals surface area contributed by atoms with Crippen LogP contribution in [0.5, 0.6) is 0 Å². The Morgan fingerprint density at radius 3 is 2.36 bits per heavy atom. The molecular formula is C6H8F3NO. The van der Waals surface area contributed by atoms with Crippen molar-refractivity contribution in [2.24, 2.45) is 4.99 Å². The van der Waals surface area contributed by atoms with E-state index in [1.54, 1.807) is 6.92 Å². The number of aliphatic imine (C=N–C) groups is 1. The third-order valence-electron chi connectivity index (χ3n) is 1.15. The van der Waals surface area contributed by atoms with Gasteiger partial charge in [-0.3, -0.25) is 0 Å². The summed E-state index contributed by atoms with van der Waals surface area (Å²) in [6, 6.07) is -1.87. The topological polar surface area (TPSA) is 29.4 Å². The highest BCUT2D eigenvalue weighted by Gasteiger charge is 2.38. The van der Waals surface area contributed by atoms with Gasteiger partial charge in [0, 0.05) is 0 Å². The molecular weight excluding hydrogens is 159 g/mol. The minimum atomic E-state index is -4.41. The maximum Gasteiger partial charge on any atom is 0.411 e. The lowest BCUT2D eigenvalue weighted by atomic mass is 10.2. The predicted octanol–water partition coefficient (Wildman–Crippen LogP) is 2.05. The third kappa shape index (κ3) is 3.78. The van der Waals surface area contributed by atoms with Gasteiger partial charge in [0.15, 0.2) is 6.04 Å². The van der Waals surface area contributed by atoms with Gasteiger partial charge in [0.05, 0.1) is 0 Å². The van der Waals surface area contributed by atoms with Crippen molar-refractivity contribution in [1.82, 2.24) is 0 Å². The van der Waals surface area contributed by atoms with Crippen LogP contribution in [0.1, 0.15) is 19.8 Å². The maximum absolute atomic E-state index is 11.8. The Hall–Kier alpha value is -0.830. The van der Waals surface area contributed by atoms with Crippen molar-refractivity contribution in [2.75, 3.05) is 0 Å². The van der Waals surface area contributed by atoms with E-state index in [9.17, 15) is 18.0 Å². The van der Waals surface area contributed by atoms with Gasteiger partial charge in [0.1, 0.15) is 0 Å². The number of rotatable bonds is 3. The molecule has 1 atom stereocenters. The second-order valence-electron chi connectivity index (χ2n) is 2.07. The smallest absolute Gasteiger partial charge is 0.211 e. The summed E-state index contributed by atoms with van der Waals surface area (Å²) in [6.45, 7) is 1.60. The van der Waals surface area contributed by atoms with Crippen LogP contribution in [-0.4, -0.2) is 18.3 Å². The van der Waals surface area contributed by atoms with Gasteiger partial charge in [-0.05, 0) is 6.42 Å². The van der Waals surface area contributed by atoms with Crippen LogP contribution in [0.2, 0.25) is 0 Å². The molecule has 5 heteroatoms. The second-order valence-corrected chi connectivity index (χ2v) is 2.07. The normalized spacial score (nSPS) is 13.8. The number of hydrogen-bond acceptors (Lipinski definition) is 2. The number of nitrogens with zero attached hydrogens (tertiary/aromatic N) is 1. The summed E-state index contributed by atoms with van der Waals surface area (Å²) in [6.07, 6.45) is -3.31. The third-order valence-corrected chi connectivity index (χ3v) is 1.15. The van der Waals surface area contributed by atoms with Crippen LogP contribution in [0.25, 0.3) is 0 Å². The van der Waals surface area contributed by atoms with E-state index < -0.39 is 12.2 Å². The van der Waals surface area contributed by atoms with Crippen molar-refractivity contribution in [3.05, 3.63) is 0 Å². The van der Waals surface area contributed by atoms with Crippen molar-refractivity contribution < 1.29 is 18.0 Å². The lowest BCUT2D eigenvalue weighted by Gasteiger charge is -2.12. The summed E-state index contributed by atoms with van der Waals surface area (Å²) >= 11 is 0. The summed E-state index contributed by atoms with van der Waals surface area (Å²) < 4.78 is 35.5. The lowest BCUT2D eigenvalue weighted by Crippen LogP contribution is -2.26. The summed E-state index contributed by atoms with van der Waals surface area (Å²) in [5, 5.41) is 0. The first kappa shape index (κ1) is 10.2. The van der Waals surface area contributed by atoms with Crippen LogP contribution in [0.15, 0.2) is 4.99 Å². The maximum atomic E-state index is 11.8. The minimum Gasteiger partial charge on any atom is -0.211 e. The Bertz CT molecular complexity index is 160. The quantitative estimate of drug-likeness (QED) is 0.467. The van der Waals surface area contributed by atoms with Crippen LogP contribution < -0.4 is 0 Å². The second kappa shape index (κ2) is 4.13. The molecule has 0 fully saturated rings. The van der Waals surface area contributed by atoms with Gasteiger partial charge in [-0.1, -0.05) is 13.3 Å². The van der Waals surface area contributed by atoms with E-state index in [0.717, 1.165) is 6.08 Å². The highest BCUT2D eigenvalue weighted by atomic mass is 19.4. The molecule has 0 spiro atoms. The van der Waals surface area contributed by atoms with Crippen molar-refractivity contribution in [3.63, 3.8) is 0 Å². The first-order chi connectivity index (χ1) is 5.02. The Kier molecular flexibility index (Phi) is 3.82. The molecule has 0 rings (SSSR count). The molecule has 0 amide bonds. The molecule has 0 aromatic carbocycles. The molecule has 0 aliphatic heterocycles. The number of alkyl halides is 3. The van der Waals surface area contributed by atoms with Crippen LogP contribution in [0.3, 0.4) is 0 Å². The molecule has 1 unspecified atom stereocenters. The van der Waals surface area contributed by atoms with E-state index in [1.807, 2.05) is 0 Å². The van der Waals surface area contributed by atoms with E-state index in [-0.39, 0.29) is 6.42 Å². The number of hydrogen-bond donors (Lipinski definition) is 0. The molecule has 0 aliphatic rings. The number of halogens is 3. The van der Waals surface area contributed by atoms with E-state index in [4.69, 9.17) is 0 Å². The number of carbonyl (C=O) groups excluding carboxylic acids is 1. The zero-order chi connectivity index (χ0) is 8.91.